The number of morpholine rings is 1. The minimum absolute atomic E-state index is 0.00976. The van der Waals surface area contributed by atoms with Crippen LogP contribution in [0.25, 0.3) is 0 Å². The summed E-state index contributed by atoms with van der Waals surface area (Å²) in [7, 11) is 0. The van der Waals surface area contributed by atoms with Gasteiger partial charge in [-0.15, -0.1) is 0 Å². The molecule has 3 aliphatic heterocycles. The summed E-state index contributed by atoms with van der Waals surface area (Å²) in [5, 5.41) is 16.4. The lowest BCUT2D eigenvalue weighted by molar-refractivity contribution is -0.150. The Morgan fingerprint density at radius 3 is 2.86 bits per heavy atom. The Labute approximate surface area is 213 Å². The number of carbonyl (C=O) groups is 3. The summed E-state index contributed by atoms with van der Waals surface area (Å²) in [5.74, 6) is -0.128. The number of aliphatic hydroxyl groups is 1. The number of rotatable bonds is 6. The average Bonchev–Trinajstić information content (AvgIpc) is 3.64. The zero-order valence-electron chi connectivity index (χ0n) is 20.3. The van der Waals surface area contributed by atoms with Crippen molar-refractivity contribution in [2.24, 2.45) is 22.6 Å². The van der Waals surface area contributed by atoms with Crippen molar-refractivity contribution in [3.8, 4) is 0 Å². The molecule has 0 aromatic heterocycles. The van der Waals surface area contributed by atoms with Gasteiger partial charge in [0.2, 0.25) is 5.91 Å². The number of hydrogen-bond donors (Lipinski definition) is 4. The van der Waals surface area contributed by atoms with Gasteiger partial charge in [-0.05, 0) is 60.2 Å². The molecule has 5 N–H and O–H groups in total. The molecule has 2 fully saturated rings. The van der Waals surface area contributed by atoms with E-state index in [4.69, 9.17) is 10.5 Å². The number of nitrogens with two attached hydrogens (primary N) is 1. The fourth-order valence-electron chi connectivity index (χ4n) is 5.32. The maximum absolute atomic E-state index is 13.3. The molecule has 1 saturated heterocycles. The minimum Gasteiger partial charge on any atom is -0.383 e. The van der Waals surface area contributed by atoms with E-state index in [2.05, 4.69) is 15.6 Å². The summed E-state index contributed by atoms with van der Waals surface area (Å²) in [4.78, 5) is 44.3. The molecule has 6 rings (SSSR count). The maximum atomic E-state index is 13.3. The van der Waals surface area contributed by atoms with Crippen molar-refractivity contribution in [3.63, 3.8) is 0 Å². The molecular weight excluding hydrogens is 474 g/mol. The fourth-order valence-corrected chi connectivity index (χ4v) is 5.32. The van der Waals surface area contributed by atoms with Crippen LogP contribution in [0.5, 0.6) is 0 Å². The van der Waals surface area contributed by atoms with Gasteiger partial charge in [0.1, 0.15) is 5.84 Å². The molecule has 0 bridgehead atoms. The van der Waals surface area contributed by atoms with Crippen LogP contribution in [0, 0.1) is 11.8 Å². The number of amidine groups is 1. The number of nitrogens with zero attached hydrogens (tertiary/aromatic N) is 2. The molecule has 4 aliphatic rings. The monoisotopic (exact) mass is 503 g/mol. The predicted octanol–water partition coefficient (Wildman–Crippen LogP) is 1.55. The fraction of sp³-hybridized carbons (Fsp3) is 0.407. The van der Waals surface area contributed by atoms with E-state index in [1.54, 1.807) is 24.3 Å². The van der Waals surface area contributed by atoms with Crippen LogP contribution in [0.2, 0.25) is 0 Å². The standard InChI is InChI=1S/C27H29N5O5/c28-24-20-6-4-18(11-17(20)13-29-24)30-26(35)22(33)23-27(36)32(7-8-37-23)19-5-3-15-10-16(9-14-1-2-14)25(34)31-21(15)12-19/h3-6,11-12,14,16,22-23,33H,1-2,7-10,13H2,(H2,28,29)(H,30,35)(H,31,34)/t16?,22-,23-/m1/s1. The molecule has 1 aliphatic carbocycles. The van der Waals surface area contributed by atoms with Crippen molar-refractivity contribution in [2.75, 3.05) is 28.7 Å². The van der Waals surface area contributed by atoms with E-state index in [0.717, 1.165) is 23.1 Å². The highest BCUT2D eigenvalue weighted by atomic mass is 16.5. The molecule has 0 radical (unpaired) electrons. The number of carbonyl (C=O) groups excluding carboxylic acids is 3. The van der Waals surface area contributed by atoms with Crippen molar-refractivity contribution in [1.29, 1.82) is 0 Å². The maximum Gasteiger partial charge on any atom is 0.259 e. The number of amides is 3. The number of ether oxygens (including phenoxy) is 1. The summed E-state index contributed by atoms with van der Waals surface area (Å²) >= 11 is 0. The molecule has 10 heteroatoms. The number of benzene rings is 2. The summed E-state index contributed by atoms with van der Waals surface area (Å²) in [6, 6.07) is 10.7. The number of aliphatic imine (C=N–C) groups is 1. The lowest BCUT2D eigenvalue weighted by Gasteiger charge is -2.35. The van der Waals surface area contributed by atoms with Crippen molar-refractivity contribution in [3.05, 3.63) is 53.1 Å². The van der Waals surface area contributed by atoms with Gasteiger partial charge in [-0.3, -0.25) is 19.4 Å². The van der Waals surface area contributed by atoms with Crippen LogP contribution in [-0.4, -0.2) is 54.0 Å². The van der Waals surface area contributed by atoms with Crippen molar-refractivity contribution < 1.29 is 24.2 Å². The molecule has 1 unspecified atom stereocenters. The van der Waals surface area contributed by atoms with Crippen molar-refractivity contribution in [2.45, 2.75) is 44.4 Å². The second kappa shape index (κ2) is 9.28. The SMILES string of the molecule is NC1=NCc2cc(NC(=O)[C@H](O)[C@H]3OCCN(c4ccc5c(c4)NC(=O)C(CC4CC4)C5)C3=O)ccc21. The molecular formula is C27H29N5O5. The molecule has 192 valence electrons. The van der Waals surface area contributed by atoms with Crippen LogP contribution in [0.4, 0.5) is 17.1 Å². The van der Waals surface area contributed by atoms with Gasteiger partial charge in [0.15, 0.2) is 12.2 Å². The molecule has 37 heavy (non-hydrogen) atoms. The van der Waals surface area contributed by atoms with Gasteiger partial charge in [-0.25, -0.2) is 0 Å². The summed E-state index contributed by atoms with van der Waals surface area (Å²) in [5.41, 5.74) is 10.3. The summed E-state index contributed by atoms with van der Waals surface area (Å²) in [6.45, 7) is 0.852. The molecule has 10 nitrogen and oxygen atoms in total. The highest BCUT2D eigenvalue weighted by molar-refractivity contribution is 6.05. The molecule has 3 atom stereocenters. The van der Waals surface area contributed by atoms with E-state index in [1.165, 1.54) is 17.7 Å². The average molecular weight is 504 g/mol. The van der Waals surface area contributed by atoms with Gasteiger partial charge in [0.05, 0.1) is 13.2 Å². The third-order valence-electron chi connectivity index (χ3n) is 7.56. The Morgan fingerprint density at radius 2 is 2.05 bits per heavy atom. The van der Waals surface area contributed by atoms with Crippen molar-refractivity contribution in [1.82, 2.24) is 0 Å². The van der Waals surface area contributed by atoms with E-state index in [-0.39, 0.29) is 25.0 Å². The van der Waals surface area contributed by atoms with Crippen LogP contribution < -0.4 is 21.3 Å². The Bertz CT molecular complexity index is 1320. The molecule has 1 saturated carbocycles. The van der Waals surface area contributed by atoms with Gasteiger partial charge in [0, 0.05) is 35.1 Å². The number of fused-ring (bicyclic) bond motifs is 2. The normalized spacial score (nSPS) is 23.6. The van der Waals surface area contributed by atoms with Gasteiger partial charge < -0.3 is 31.1 Å². The highest BCUT2D eigenvalue weighted by Gasteiger charge is 2.40. The zero-order valence-corrected chi connectivity index (χ0v) is 20.3. The zero-order chi connectivity index (χ0) is 25.7. The Hall–Kier alpha value is -3.76. The van der Waals surface area contributed by atoms with E-state index in [1.807, 2.05) is 12.1 Å². The Morgan fingerprint density at radius 1 is 1.22 bits per heavy atom. The predicted molar refractivity (Wildman–Crippen MR) is 137 cm³/mol. The molecule has 0 spiro atoms. The van der Waals surface area contributed by atoms with Crippen LogP contribution >= 0.6 is 0 Å². The number of anilines is 3. The number of hydrogen-bond acceptors (Lipinski definition) is 7. The van der Waals surface area contributed by atoms with Crippen LogP contribution in [-0.2, 0) is 32.1 Å². The third-order valence-corrected chi connectivity index (χ3v) is 7.56. The van der Waals surface area contributed by atoms with E-state index in [0.29, 0.717) is 41.8 Å². The molecule has 2 aromatic rings. The van der Waals surface area contributed by atoms with E-state index < -0.39 is 24.0 Å². The van der Waals surface area contributed by atoms with Crippen LogP contribution in [0.1, 0.15) is 36.0 Å². The van der Waals surface area contributed by atoms with E-state index in [9.17, 15) is 19.5 Å². The number of nitrogens with one attached hydrogen (secondary N) is 2. The first-order chi connectivity index (χ1) is 17.9. The van der Waals surface area contributed by atoms with Gasteiger partial charge >= 0.3 is 0 Å². The molecule has 3 amide bonds. The van der Waals surface area contributed by atoms with E-state index >= 15 is 0 Å². The second-order valence-electron chi connectivity index (χ2n) is 10.2. The second-order valence-corrected chi connectivity index (χ2v) is 10.2. The molecule has 2 aromatic carbocycles. The van der Waals surface area contributed by atoms with Crippen LogP contribution in [0.3, 0.4) is 0 Å². The largest absolute Gasteiger partial charge is 0.383 e. The summed E-state index contributed by atoms with van der Waals surface area (Å²) < 4.78 is 5.53. The first kappa shape index (κ1) is 23.6. The Kier molecular flexibility index (Phi) is 5.92. The third kappa shape index (κ3) is 4.58. The molecule has 3 heterocycles. The lowest BCUT2D eigenvalue weighted by atomic mass is 9.89. The smallest absolute Gasteiger partial charge is 0.259 e. The van der Waals surface area contributed by atoms with Gasteiger partial charge in [-0.2, -0.15) is 0 Å². The topological polar surface area (TPSA) is 146 Å². The quantitative estimate of drug-likeness (QED) is 0.470. The highest BCUT2D eigenvalue weighted by Crippen LogP contribution is 2.39. The summed E-state index contributed by atoms with van der Waals surface area (Å²) in [6.07, 6.45) is 0.969. The van der Waals surface area contributed by atoms with Crippen LogP contribution in [0.15, 0.2) is 41.4 Å². The lowest BCUT2D eigenvalue weighted by Crippen LogP contribution is -2.55. The Balaban J connectivity index is 1.13. The number of aliphatic hydroxyl groups excluding tert-OH is 1. The van der Waals surface area contributed by atoms with Crippen molar-refractivity contribution >= 4 is 40.6 Å². The first-order valence-corrected chi connectivity index (χ1v) is 12.7. The minimum atomic E-state index is -1.70. The first-order valence-electron chi connectivity index (χ1n) is 12.7. The van der Waals surface area contributed by atoms with Gasteiger partial charge in [-0.1, -0.05) is 18.9 Å². The van der Waals surface area contributed by atoms with Gasteiger partial charge in [0.25, 0.3) is 11.8 Å².